The summed E-state index contributed by atoms with van der Waals surface area (Å²) in [6.45, 7) is 4.26. The van der Waals surface area contributed by atoms with E-state index in [2.05, 4.69) is 10.6 Å². The second-order valence-corrected chi connectivity index (χ2v) is 5.92. The maximum Gasteiger partial charge on any atom is 0.234 e. The molecule has 0 radical (unpaired) electrons. The zero-order chi connectivity index (χ0) is 11.3. The number of nitrogens with one attached hydrogen (secondary N) is 2. The first kappa shape index (κ1) is 12.6. The van der Waals surface area contributed by atoms with Gasteiger partial charge in [-0.3, -0.25) is 9.00 Å². The largest absolute Gasteiger partial charge is 0.353 e. The number of carbonyl (C=O) groups is 1. The minimum Gasteiger partial charge on any atom is -0.353 e. The fourth-order valence-corrected chi connectivity index (χ4v) is 2.91. The Balaban J connectivity index is 2.14. The van der Waals surface area contributed by atoms with Crippen LogP contribution in [0.1, 0.15) is 26.7 Å². The Morgan fingerprint density at radius 3 is 2.53 bits per heavy atom. The van der Waals surface area contributed by atoms with Gasteiger partial charge in [0.05, 0.1) is 6.54 Å². The Kier molecular flexibility index (Phi) is 5.25. The number of hydrogen-bond acceptors (Lipinski definition) is 3. The third-order valence-corrected chi connectivity index (χ3v) is 3.77. The summed E-state index contributed by atoms with van der Waals surface area (Å²) in [7, 11) is -0.625. The van der Waals surface area contributed by atoms with Crippen LogP contribution in [0.25, 0.3) is 0 Å². The molecular formula is C10H20N2O2S. The van der Waals surface area contributed by atoms with Gasteiger partial charge >= 0.3 is 0 Å². The summed E-state index contributed by atoms with van der Waals surface area (Å²) in [6, 6.07) is 0.554. The van der Waals surface area contributed by atoms with Gasteiger partial charge in [-0.05, 0) is 26.7 Å². The Morgan fingerprint density at radius 1 is 1.40 bits per heavy atom. The molecule has 0 aromatic heterocycles. The first-order valence-electron chi connectivity index (χ1n) is 5.45. The molecule has 1 rings (SSSR count). The molecule has 0 spiro atoms. The molecule has 1 amide bonds. The van der Waals surface area contributed by atoms with Crippen molar-refractivity contribution in [2.75, 3.05) is 18.1 Å². The lowest BCUT2D eigenvalue weighted by Crippen LogP contribution is -2.43. The van der Waals surface area contributed by atoms with Crippen molar-refractivity contribution in [3.8, 4) is 0 Å². The molecule has 2 N–H and O–H groups in total. The number of amides is 1. The van der Waals surface area contributed by atoms with E-state index in [4.69, 9.17) is 0 Å². The van der Waals surface area contributed by atoms with E-state index in [0.717, 1.165) is 24.3 Å². The molecule has 1 saturated heterocycles. The van der Waals surface area contributed by atoms with E-state index in [-0.39, 0.29) is 11.9 Å². The van der Waals surface area contributed by atoms with Crippen LogP contribution < -0.4 is 10.6 Å². The molecule has 0 atom stereocenters. The van der Waals surface area contributed by atoms with Gasteiger partial charge in [-0.15, -0.1) is 0 Å². The van der Waals surface area contributed by atoms with E-state index in [0.29, 0.717) is 12.6 Å². The summed E-state index contributed by atoms with van der Waals surface area (Å²) in [4.78, 5) is 11.3. The predicted molar refractivity (Wildman–Crippen MR) is 62.2 cm³/mol. The van der Waals surface area contributed by atoms with Crippen molar-refractivity contribution in [3.05, 3.63) is 0 Å². The molecule has 5 heteroatoms. The predicted octanol–water partition coefficient (Wildman–Crippen LogP) is 0.0117. The van der Waals surface area contributed by atoms with Crippen LogP contribution in [-0.2, 0) is 15.6 Å². The van der Waals surface area contributed by atoms with E-state index in [1.165, 1.54) is 0 Å². The maximum absolute atomic E-state index is 11.3. The van der Waals surface area contributed by atoms with Crippen LogP contribution in [-0.4, -0.2) is 40.3 Å². The SMILES string of the molecule is CC(C)NC(=O)CNC1CCS(=O)CC1. The fourth-order valence-electron chi connectivity index (χ4n) is 1.61. The van der Waals surface area contributed by atoms with Gasteiger partial charge in [-0.2, -0.15) is 0 Å². The third-order valence-electron chi connectivity index (χ3n) is 2.39. The molecule has 1 aliphatic rings. The smallest absolute Gasteiger partial charge is 0.234 e. The second-order valence-electron chi connectivity index (χ2n) is 4.23. The van der Waals surface area contributed by atoms with E-state index in [9.17, 15) is 9.00 Å². The normalized spacial score (nSPS) is 26.6. The topological polar surface area (TPSA) is 58.2 Å². The van der Waals surface area contributed by atoms with E-state index in [1.807, 2.05) is 13.8 Å². The zero-order valence-electron chi connectivity index (χ0n) is 9.41. The number of rotatable bonds is 4. The maximum atomic E-state index is 11.3. The lowest BCUT2D eigenvalue weighted by Gasteiger charge is -2.22. The van der Waals surface area contributed by atoms with Gasteiger partial charge in [0.15, 0.2) is 0 Å². The van der Waals surface area contributed by atoms with Crippen LogP contribution in [0.15, 0.2) is 0 Å². The summed E-state index contributed by atoms with van der Waals surface area (Å²) >= 11 is 0. The molecule has 0 aromatic carbocycles. The van der Waals surface area contributed by atoms with Gasteiger partial charge in [-0.25, -0.2) is 0 Å². The van der Waals surface area contributed by atoms with Gasteiger partial charge in [-0.1, -0.05) is 0 Å². The molecule has 15 heavy (non-hydrogen) atoms. The fraction of sp³-hybridized carbons (Fsp3) is 0.900. The average Bonchev–Trinajstić information content (AvgIpc) is 2.16. The van der Waals surface area contributed by atoms with E-state index in [1.54, 1.807) is 0 Å². The molecule has 1 heterocycles. The molecule has 0 saturated carbocycles. The zero-order valence-corrected chi connectivity index (χ0v) is 10.2. The lowest BCUT2D eigenvalue weighted by atomic mass is 10.1. The minimum absolute atomic E-state index is 0.0386. The van der Waals surface area contributed by atoms with Crippen molar-refractivity contribution in [1.29, 1.82) is 0 Å². The third kappa shape index (κ3) is 5.28. The Hall–Kier alpha value is -0.420. The highest BCUT2D eigenvalue weighted by atomic mass is 32.2. The van der Waals surface area contributed by atoms with Crippen molar-refractivity contribution >= 4 is 16.7 Å². The molecule has 0 aliphatic carbocycles. The number of carbonyl (C=O) groups excluding carboxylic acids is 1. The highest BCUT2D eigenvalue weighted by molar-refractivity contribution is 7.85. The molecule has 0 unspecified atom stereocenters. The van der Waals surface area contributed by atoms with Crippen LogP contribution in [0.4, 0.5) is 0 Å². The van der Waals surface area contributed by atoms with Gasteiger partial charge in [0.25, 0.3) is 0 Å². The van der Waals surface area contributed by atoms with Crippen LogP contribution in [0.5, 0.6) is 0 Å². The van der Waals surface area contributed by atoms with Gasteiger partial charge < -0.3 is 10.6 Å². The summed E-state index contributed by atoms with van der Waals surface area (Å²) < 4.78 is 11.1. The summed E-state index contributed by atoms with van der Waals surface area (Å²) in [5.41, 5.74) is 0. The van der Waals surface area contributed by atoms with Crippen molar-refractivity contribution < 1.29 is 9.00 Å². The van der Waals surface area contributed by atoms with Crippen LogP contribution in [0.3, 0.4) is 0 Å². The molecule has 88 valence electrons. The first-order chi connectivity index (χ1) is 7.08. The quantitative estimate of drug-likeness (QED) is 0.718. The highest BCUT2D eigenvalue weighted by Crippen LogP contribution is 2.08. The van der Waals surface area contributed by atoms with Crippen LogP contribution in [0.2, 0.25) is 0 Å². The van der Waals surface area contributed by atoms with E-state index < -0.39 is 10.8 Å². The average molecular weight is 232 g/mol. The molecule has 0 aromatic rings. The molecule has 4 nitrogen and oxygen atoms in total. The Morgan fingerprint density at radius 2 is 2.00 bits per heavy atom. The highest BCUT2D eigenvalue weighted by Gasteiger charge is 2.17. The Labute approximate surface area is 93.7 Å². The van der Waals surface area contributed by atoms with Crippen LogP contribution >= 0.6 is 0 Å². The first-order valence-corrected chi connectivity index (χ1v) is 6.94. The van der Waals surface area contributed by atoms with Gasteiger partial charge in [0.1, 0.15) is 0 Å². The summed E-state index contributed by atoms with van der Waals surface area (Å²) in [5, 5.41) is 6.03. The minimum atomic E-state index is -0.625. The summed E-state index contributed by atoms with van der Waals surface area (Å²) in [5.74, 6) is 1.57. The van der Waals surface area contributed by atoms with Crippen LogP contribution in [0, 0.1) is 0 Å². The molecular weight excluding hydrogens is 212 g/mol. The Bertz CT molecular complexity index is 234. The molecule has 1 fully saturated rings. The monoisotopic (exact) mass is 232 g/mol. The standard InChI is InChI=1S/C10H20N2O2S/c1-8(2)12-10(13)7-11-9-3-5-15(14)6-4-9/h8-9,11H,3-7H2,1-2H3,(H,12,13). The van der Waals surface area contributed by atoms with Gasteiger partial charge in [0, 0.05) is 34.4 Å². The molecule has 0 bridgehead atoms. The number of hydrogen-bond donors (Lipinski definition) is 2. The van der Waals surface area contributed by atoms with Crippen molar-refractivity contribution in [3.63, 3.8) is 0 Å². The molecule has 1 aliphatic heterocycles. The van der Waals surface area contributed by atoms with Crippen molar-refractivity contribution in [1.82, 2.24) is 10.6 Å². The lowest BCUT2D eigenvalue weighted by molar-refractivity contribution is -0.120. The second kappa shape index (κ2) is 6.23. The van der Waals surface area contributed by atoms with Crippen molar-refractivity contribution in [2.45, 2.75) is 38.8 Å². The van der Waals surface area contributed by atoms with Crippen molar-refractivity contribution in [2.24, 2.45) is 0 Å². The summed E-state index contributed by atoms with van der Waals surface area (Å²) in [6.07, 6.45) is 1.84. The van der Waals surface area contributed by atoms with E-state index >= 15 is 0 Å². The van der Waals surface area contributed by atoms with Gasteiger partial charge in [0.2, 0.25) is 5.91 Å².